The van der Waals surface area contributed by atoms with Crippen LogP contribution >= 0.6 is 11.6 Å². The van der Waals surface area contributed by atoms with Gasteiger partial charge in [0, 0.05) is 22.7 Å². The number of fused-ring (bicyclic) bond motifs is 1. The fraction of sp³-hybridized carbons (Fsp3) is 0.360. The predicted octanol–water partition coefficient (Wildman–Crippen LogP) is 4.71. The number of amides is 1. The van der Waals surface area contributed by atoms with Crippen molar-refractivity contribution in [1.82, 2.24) is 15.1 Å². The highest BCUT2D eigenvalue weighted by Crippen LogP contribution is 2.45. The Balaban J connectivity index is 1.79. The van der Waals surface area contributed by atoms with E-state index in [9.17, 15) is 15.0 Å². The van der Waals surface area contributed by atoms with Crippen LogP contribution in [0.5, 0.6) is 11.5 Å². The van der Waals surface area contributed by atoms with Crippen LogP contribution in [0.4, 0.5) is 0 Å². The molecule has 7 nitrogen and oxygen atoms in total. The standard InChI is InChI=1S/C25H28ClN3O4/c1-14(2)7-10-33-17-6-4-5-16(12-17)24-21-22(18-13-19(26)15(3)11-20(18)31)27-28-23(21)25(32)29(24)8-9-30/h4-6,11-14,24,30-31H,7-10H2,1-3H3,(H,27,28)/t24-/m0/s1. The van der Waals surface area contributed by atoms with Crippen LogP contribution in [0.15, 0.2) is 36.4 Å². The summed E-state index contributed by atoms with van der Waals surface area (Å²) in [4.78, 5) is 14.8. The van der Waals surface area contributed by atoms with Crippen LogP contribution in [0.25, 0.3) is 11.3 Å². The van der Waals surface area contributed by atoms with E-state index in [2.05, 4.69) is 24.0 Å². The van der Waals surface area contributed by atoms with Crippen LogP contribution in [0, 0.1) is 12.8 Å². The highest BCUT2D eigenvalue weighted by atomic mass is 35.5. The number of hydrogen-bond acceptors (Lipinski definition) is 5. The summed E-state index contributed by atoms with van der Waals surface area (Å²) in [5.74, 6) is 1.02. The van der Waals surface area contributed by atoms with Crippen LogP contribution in [0.2, 0.25) is 5.02 Å². The van der Waals surface area contributed by atoms with E-state index < -0.39 is 6.04 Å². The molecule has 0 spiro atoms. The smallest absolute Gasteiger partial charge is 0.273 e. The van der Waals surface area contributed by atoms with Gasteiger partial charge in [0.25, 0.3) is 5.91 Å². The summed E-state index contributed by atoms with van der Waals surface area (Å²) >= 11 is 6.33. The first kappa shape index (κ1) is 23.1. The quantitative estimate of drug-likeness (QED) is 0.444. The molecule has 2 aromatic carbocycles. The van der Waals surface area contributed by atoms with Gasteiger partial charge in [0.15, 0.2) is 0 Å². The zero-order valence-electron chi connectivity index (χ0n) is 18.9. The van der Waals surface area contributed by atoms with Gasteiger partial charge < -0.3 is 19.8 Å². The third kappa shape index (κ3) is 4.43. The normalized spacial score (nSPS) is 15.4. The maximum absolute atomic E-state index is 13.2. The number of carbonyl (C=O) groups is 1. The minimum absolute atomic E-state index is 0.0313. The monoisotopic (exact) mass is 469 g/mol. The molecular weight excluding hydrogens is 442 g/mol. The van der Waals surface area contributed by atoms with Crippen molar-refractivity contribution in [3.05, 3.63) is 63.8 Å². The Labute approximate surface area is 198 Å². The molecule has 3 N–H and O–H groups in total. The summed E-state index contributed by atoms with van der Waals surface area (Å²) < 4.78 is 5.94. The first-order chi connectivity index (χ1) is 15.8. The van der Waals surface area contributed by atoms with E-state index in [1.165, 1.54) is 0 Å². The van der Waals surface area contributed by atoms with E-state index in [1.54, 1.807) is 24.0 Å². The van der Waals surface area contributed by atoms with Crippen LogP contribution in [-0.2, 0) is 0 Å². The number of phenolic OH excluding ortho intramolecular Hbond substituents is 1. The number of aryl methyl sites for hydroxylation is 1. The SMILES string of the molecule is Cc1cc(O)c(-c2n[nH]c3c2[C@H](c2cccc(OCCC(C)C)c2)N(CCO)C3=O)cc1Cl. The maximum Gasteiger partial charge on any atom is 0.273 e. The summed E-state index contributed by atoms with van der Waals surface area (Å²) in [5, 5.41) is 28.0. The molecule has 0 unspecified atom stereocenters. The maximum atomic E-state index is 13.2. The Morgan fingerprint density at radius 2 is 2.06 bits per heavy atom. The lowest BCUT2D eigenvalue weighted by molar-refractivity contribution is 0.0706. The average Bonchev–Trinajstić information content (AvgIpc) is 3.30. The van der Waals surface area contributed by atoms with Crippen molar-refractivity contribution >= 4 is 17.5 Å². The fourth-order valence-electron chi connectivity index (χ4n) is 4.13. The molecule has 2 heterocycles. The molecule has 4 rings (SSSR count). The second-order valence-corrected chi connectivity index (χ2v) is 9.11. The van der Waals surface area contributed by atoms with Gasteiger partial charge in [-0.15, -0.1) is 0 Å². The number of aliphatic hydroxyl groups excluding tert-OH is 1. The minimum Gasteiger partial charge on any atom is -0.507 e. The van der Waals surface area contributed by atoms with Crippen molar-refractivity contribution < 1.29 is 19.7 Å². The molecule has 33 heavy (non-hydrogen) atoms. The summed E-state index contributed by atoms with van der Waals surface area (Å²) in [6, 6.07) is 10.4. The Bertz CT molecular complexity index is 1170. The van der Waals surface area contributed by atoms with Crippen molar-refractivity contribution in [2.75, 3.05) is 19.8 Å². The van der Waals surface area contributed by atoms with Gasteiger partial charge in [-0.1, -0.05) is 37.6 Å². The van der Waals surface area contributed by atoms with Gasteiger partial charge in [-0.05, 0) is 54.7 Å². The molecule has 1 aromatic heterocycles. The van der Waals surface area contributed by atoms with Gasteiger partial charge in [0.05, 0.1) is 19.3 Å². The molecule has 0 saturated carbocycles. The molecular formula is C25H28ClN3O4. The van der Waals surface area contributed by atoms with Gasteiger partial charge in [0.2, 0.25) is 0 Å². The van der Waals surface area contributed by atoms with Gasteiger partial charge in [-0.3, -0.25) is 9.89 Å². The molecule has 1 atom stereocenters. The van der Waals surface area contributed by atoms with Gasteiger partial charge in [-0.2, -0.15) is 5.10 Å². The molecule has 0 saturated heterocycles. The number of halogens is 1. The number of H-pyrrole nitrogens is 1. The van der Waals surface area contributed by atoms with Crippen molar-refractivity contribution in [3.8, 4) is 22.8 Å². The number of nitrogens with zero attached hydrogens (tertiary/aromatic N) is 2. The number of benzene rings is 2. The molecule has 1 aliphatic heterocycles. The highest BCUT2D eigenvalue weighted by molar-refractivity contribution is 6.31. The number of phenols is 1. The lowest BCUT2D eigenvalue weighted by atomic mass is 9.95. The zero-order valence-corrected chi connectivity index (χ0v) is 19.7. The van der Waals surface area contributed by atoms with Crippen LogP contribution in [0.1, 0.15) is 53.5 Å². The lowest BCUT2D eigenvalue weighted by Gasteiger charge is -2.26. The second-order valence-electron chi connectivity index (χ2n) is 8.71. The molecule has 0 aliphatic carbocycles. The van der Waals surface area contributed by atoms with Crippen LogP contribution in [0.3, 0.4) is 0 Å². The molecule has 8 heteroatoms. The van der Waals surface area contributed by atoms with E-state index in [1.807, 2.05) is 24.3 Å². The van der Waals surface area contributed by atoms with Crippen molar-refractivity contribution in [1.29, 1.82) is 0 Å². The average molecular weight is 470 g/mol. The Morgan fingerprint density at radius 3 is 2.79 bits per heavy atom. The molecule has 1 aliphatic rings. The third-order valence-electron chi connectivity index (χ3n) is 5.87. The van der Waals surface area contributed by atoms with Gasteiger partial charge >= 0.3 is 0 Å². The molecule has 1 amide bonds. The number of hydrogen-bond donors (Lipinski definition) is 3. The molecule has 3 aromatic rings. The molecule has 0 bridgehead atoms. The number of ether oxygens (including phenoxy) is 1. The first-order valence-electron chi connectivity index (χ1n) is 11.0. The summed E-state index contributed by atoms with van der Waals surface area (Å²) in [5.41, 5.74) is 3.45. The summed E-state index contributed by atoms with van der Waals surface area (Å²) in [7, 11) is 0. The van der Waals surface area contributed by atoms with Gasteiger partial charge in [0.1, 0.15) is 22.9 Å². The fourth-order valence-corrected chi connectivity index (χ4v) is 4.29. The van der Waals surface area contributed by atoms with E-state index in [0.29, 0.717) is 45.8 Å². The number of aromatic nitrogens is 2. The van der Waals surface area contributed by atoms with E-state index in [4.69, 9.17) is 16.3 Å². The molecule has 0 fully saturated rings. The number of carbonyl (C=O) groups excluding carboxylic acids is 1. The second kappa shape index (κ2) is 9.45. The number of rotatable bonds is 8. The van der Waals surface area contributed by atoms with E-state index in [0.717, 1.165) is 17.5 Å². The zero-order chi connectivity index (χ0) is 23.7. The number of β-amino-alcohol motifs (C(OH)–C–C–N with tert-alkyl or cyclic N) is 1. The largest absolute Gasteiger partial charge is 0.507 e. The number of aromatic amines is 1. The van der Waals surface area contributed by atoms with Crippen molar-refractivity contribution in [2.45, 2.75) is 33.2 Å². The Hall–Kier alpha value is -3.03. The van der Waals surface area contributed by atoms with Crippen molar-refractivity contribution in [3.63, 3.8) is 0 Å². The highest BCUT2D eigenvalue weighted by Gasteiger charge is 2.42. The van der Waals surface area contributed by atoms with E-state index in [-0.39, 0.29) is 24.8 Å². The predicted molar refractivity (Wildman–Crippen MR) is 127 cm³/mol. The number of aromatic hydroxyl groups is 1. The number of nitrogens with one attached hydrogen (secondary N) is 1. The topological polar surface area (TPSA) is 98.7 Å². The van der Waals surface area contributed by atoms with E-state index >= 15 is 0 Å². The summed E-state index contributed by atoms with van der Waals surface area (Å²) in [6.07, 6.45) is 0.937. The minimum atomic E-state index is -0.499. The Morgan fingerprint density at radius 1 is 1.27 bits per heavy atom. The molecule has 174 valence electrons. The van der Waals surface area contributed by atoms with Crippen LogP contribution in [-0.4, -0.2) is 51.0 Å². The number of aliphatic hydroxyl groups is 1. The van der Waals surface area contributed by atoms with Crippen molar-refractivity contribution in [2.24, 2.45) is 5.92 Å². The molecule has 0 radical (unpaired) electrons. The summed E-state index contributed by atoms with van der Waals surface area (Å²) in [6.45, 7) is 6.67. The first-order valence-corrected chi connectivity index (χ1v) is 11.4. The third-order valence-corrected chi connectivity index (χ3v) is 6.28. The van der Waals surface area contributed by atoms with Crippen LogP contribution < -0.4 is 4.74 Å². The Kier molecular flexibility index (Phi) is 6.63. The lowest BCUT2D eigenvalue weighted by Crippen LogP contribution is -2.32. The van der Waals surface area contributed by atoms with Gasteiger partial charge in [-0.25, -0.2) is 0 Å².